The molecule has 5 nitrogen and oxygen atoms in total. The maximum absolute atomic E-state index is 13.1. The number of amides is 1. The Bertz CT molecular complexity index is 1050. The highest BCUT2D eigenvalue weighted by atomic mass is 35.5. The van der Waals surface area contributed by atoms with E-state index in [0.717, 1.165) is 5.56 Å². The summed E-state index contributed by atoms with van der Waals surface area (Å²) in [5.74, 6) is -0.499. The van der Waals surface area contributed by atoms with Gasteiger partial charge in [0.05, 0.1) is 5.69 Å². The second-order valence-corrected chi connectivity index (χ2v) is 6.81. The van der Waals surface area contributed by atoms with Gasteiger partial charge in [-0.15, -0.1) is 0 Å². The van der Waals surface area contributed by atoms with Gasteiger partial charge in [-0.05, 0) is 61.4 Å². The number of aryl methyl sites for hydroxylation is 2. The summed E-state index contributed by atoms with van der Waals surface area (Å²) in [6.45, 7) is 2.19. The molecule has 7 heteroatoms. The first-order valence-electron chi connectivity index (χ1n) is 8.82. The number of anilines is 1. The van der Waals surface area contributed by atoms with E-state index in [-0.39, 0.29) is 23.7 Å². The van der Waals surface area contributed by atoms with Gasteiger partial charge in [-0.1, -0.05) is 17.7 Å². The standard InChI is InChI=1S/C21H19ClFN3O2/c1-14-4-9-17(13-18(14)22)24-20(27)3-2-12-26-21(28)11-10-19(25-26)15-5-7-16(23)8-6-15/h4-11,13H,2-3,12H2,1H3,(H,24,27). The summed E-state index contributed by atoms with van der Waals surface area (Å²) in [5.41, 5.74) is 2.60. The van der Waals surface area contributed by atoms with Gasteiger partial charge < -0.3 is 5.32 Å². The molecule has 1 aromatic heterocycles. The average Bonchev–Trinajstić information content (AvgIpc) is 2.67. The Morgan fingerprint density at radius 2 is 1.89 bits per heavy atom. The Morgan fingerprint density at radius 1 is 1.14 bits per heavy atom. The fourth-order valence-corrected chi connectivity index (χ4v) is 2.85. The Hall–Kier alpha value is -2.99. The van der Waals surface area contributed by atoms with Crippen LogP contribution in [-0.2, 0) is 11.3 Å². The minimum absolute atomic E-state index is 0.164. The molecule has 1 heterocycles. The molecule has 0 aliphatic carbocycles. The van der Waals surface area contributed by atoms with Crippen LogP contribution in [-0.4, -0.2) is 15.7 Å². The van der Waals surface area contributed by atoms with Crippen LogP contribution in [0.2, 0.25) is 5.02 Å². The monoisotopic (exact) mass is 399 g/mol. The number of benzene rings is 2. The molecule has 0 aliphatic heterocycles. The van der Waals surface area contributed by atoms with E-state index in [4.69, 9.17) is 11.6 Å². The lowest BCUT2D eigenvalue weighted by atomic mass is 10.1. The third-order valence-corrected chi connectivity index (χ3v) is 4.64. The lowest BCUT2D eigenvalue weighted by Crippen LogP contribution is -2.23. The highest BCUT2D eigenvalue weighted by molar-refractivity contribution is 6.31. The first-order chi connectivity index (χ1) is 13.4. The number of aromatic nitrogens is 2. The van der Waals surface area contributed by atoms with E-state index in [1.54, 1.807) is 30.3 Å². The average molecular weight is 400 g/mol. The summed E-state index contributed by atoms with van der Waals surface area (Å²) in [6, 6.07) is 14.2. The van der Waals surface area contributed by atoms with Crippen LogP contribution in [0.25, 0.3) is 11.3 Å². The maximum Gasteiger partial charge on any atom is 0.266 e. The molecule has 0 aliphatic rings. The van der Waals surface area contributed by atoms with Gasteiger partial charge >= 0.3 is 0 Å². The SMILES string of the molecule is Cc1ccc(NC(=O)CCCn2nc(-c3ccc(F)cc3)ccc2=O)cc1Cl. The zero-order chi connectivity index (χ0) is 20.1. The molecular weight excluding hydrogens is 381 g/mol. The van der Waals surface area contributed by atoms with Crippen LogP contribution >= 0.6 is 11.6 Å². The molecule has 0 fully saturated rings. The van der Waals surface area contributed by atoms with Gasteiger partial charge in [-0.3, -0.25) is 9.59 Å². The molecule has 0 atom stereocenters. The van der Waals surface area contributed by atoms with E-state index < -0.39 is 0 Å². The molecule has 3 rings (SSSR count). The van der Waals surface area contributed by atoms with Crippen molar-refractivity contribution >= 4 is 23.2 Å². The van der Waals surface area contributed by atoms with Crippen LogP contribution in [0.3, 0.4) is 0 Å². The normalized spacial score (nSPS) is 10.7. The summed E-state index contributed by atoms with van der Waals surface area (Å²) in [4.78, 5) is 24.1. The minimum atomic E-state index is -0.335. The van der Waals surface area contributed by atoms with E-state index in [0.29, 0.717) is 34.9 Å². The van der Waals surface area contributed by atoms with Crippen LogP contribution in [0, 0.1) is 12.7 Å². The Kier molecular flexibility index (Phi) is 6.21. The highest BCUT2D eigenvalue weighted by Crippen LogP contribution is 2.20. The summed E-state index contributed by atoms with van der Waals surface area (Å²) < 4.78 is 14.4. The number of nitrogens with one attached hydrogen (secondary N) is 1. The molecule has 0 bridgehead atoms. The number of rotatable bonds is 6. The molecule has 3 aromatic rings. The Labute approximate surface area is 166 Å². The quantitative estimate of drug-likeness (QED) is 0.666. The second kappa shape index (κ2) is 8.80. The van der Waals surface area contributed by atoms with Crippen molar-refractivity contribution in [3.05, 3.63) is 81.4 Å². The predicted octanol–water partition coefficient (Wildman–Crippen LogP) is 4.43. The van der Waals surface area contributed by atoms with Crippen molar-refractivity contribution in [2.24, 2.45) is 0 Å². The van der Waals surface area contributed by atoms with Crippen LogP contribution in [0.5, 0.6) is 0 Å². The van der Waals surface area contributed by atoms with Crippen molar-refractivity contribution in [3.63, 3.8) is 0 Å². The fraction of sp³-hybridized carbons (Fsp3) is 0.190. The van der Waals surface area contributed by atoms with E-state index in [1.165, 1.54) is 22.9 Å². The van der Waals surface area contributed by atoms with E-state index in [9.17, 15) is 14.0 Å². The van der Waals surface area contributed by atoms with Crippen LogP contribution in [0.15, 0.2) is 59.4 Å². The van der Waals surface area contributed by atoms with Gasteiger partial charge in [0.1, 0.15) is 5.82 Å². The molecule has 0 spiro atoms. The molecule has 1 N–H and O–H groups in total. The lowest BCUT2D eigenvalue weighted by Gasteiger charge is -2.09. The third-order valence-electron chi connectivity index (χ3n) is 4.24. The fourth-order valence-electron chi connectivity index (χ4n) is 2.67. The van der Waals surface area contributed by atoms with Crippen molar-refractivity contribution in [2.45, 2.75) is 26.3 Å². The number of hydrogen-bond donors (Lipinski definition) is 1. The molecule has 0 radical (unpaired) electrons. The molecular formula is C21H19ClFN3O2. The van der Waals surface area contributed by atoms with Crippen molar-refractivity contribution in [1.29, 1.82) is 0 Å². The Morgan fingerprint density at radius 3 is 2.61 bits per heavy atom. The summed E-state index contributed by atoms with van der Waals surface area (Å²) in [7, 11) is 0. The van der Waals surface area contributed by atoms with Gasteiger partial charge in [0, 0.05) is 35.3 Å². The van der Waals surface area contributed by atoms with Crippen molar-refractivity contribution in [1.82, 2.24) is 9.78 Å². The first kappa shape index (κ1) is 19.8. The van der Waals surface area contributed by atoms with E-state index in [2.05, 4.69) is 10.4 Å². The molecule has 0 unspecified atom stereocenters. The number of carbonyl (C=O) groups excluding carboxylic acids is 1. The number of nitrogens with zero attached hydrogens (tertiary/aromatic N) is 2. The number of halogens is 2. The van der Waals surface area contributed by atoms with Crippen LogP contribution < -0.4 is 10.9 Å². The zero-order valence-corrected chi connectivity index (χ0v) is 16.0. The number of carbonyl (C=O) groups is 1. The van der Waals surface area contributed by atoms with Crippen molar-refractivity contribution < 1.29 is 9.18 Å². The maximum atomic E-state index is 13.1. The molecule has 2 aromatic carbocycles. The summed E-state index contributed by atoms with van der Waals surface area (Å²) in [5, 5.41) is 7.68. The summed E-state index contributed by atoms with van der Waals surface area (Å²) in [6.07, 6.45) is 0.686. The molecule has 28 heavy (non-hydrogen) atoms. The van der Waals surface area contributed by atoms with Gasteiger partial charge in [0.15, 0.2) is 0 Å². The molecule has 0 saturated carbocycles. The zero-order valence-electron chi connectivity index (χ0n) is 15.3. The smallest absolute Gasteiger partial charge is 0.266 e. The van der Waals surface area contributed by atoms with Gasteiger partial charge in [-0.25, -0.2) is 9.07 Å². The minimum Gasteiger partial charge on any atom is -0.326 e. The molecule has 0 saturated heterocycles. The molecule has 1 amide bonds. The molecule has 144 valence electrons. The van der Waals surface area contributed by atoms with Crippen molar-refractivity contribution in [2.75, 3.05) is 5.32 Å². The Balaban J connectivity index is 1.60. The van der Waals surface area contributed by atoms with E-state index >= 15 is 0 Å². The third kappa shape index (κ3) is 5.04. The van der Waals surface area contributed by atoms with Crippen molar-refractivity contribution in [3.8, 4) is 11.3 Å². The van der Waals surface area contributed by atoms with Crippen LogP contribution in [0.1, 0.15) is 18.4 Å². The van der Waals surface area contributed by atoms with Crippen LogP contribution in [0.4, 0.5) is 10.1 Å². The van der Waals surface area contributed by atoms with E-state index in [1.807, 2.05) is 13.0 Å². The largest absolute Gasteiger partial charge is 0.326 e. The van der Waals surface area contributed by atoms with Gasteiger partial charge in [-0.2, -0.15) is 5.10 Å². The van der Waals surface area contributed by atoms with Gasteiger partial charge in [0.25, 0.3) is 5.56 Å². The van der Waals surface area contributed by atoms with Gasteiger partial charge in [0.2, 0.25) is 5.91 Å². The first-order valence-corrected chi connectivity index (χ1v) is 9.20. The number of hydrogen-bond acceptors (Lipinski definition) is 3. The predicted molar refractivity (Wildman–Crippen MR) is 108 cm³/mol. The summed E-state index contributed by atoms with van der Waals surface area (Å²) >= 11 is 6.05. The second-order valence-electron chi connectivity index (χ2n) is 6.40. The topological polar surface area (TPSA) is 64.0 Å². The lowest BCUT2D eigenvalue weighted by molar-refractivity contribution is -0.116. The highest BCUT2D eigenvalue weighted by Gasteiger charge is 2.07.